The summed E-state index contributed by atoms with van der Waals surface area (Å²) in [5.41, 5.74) is 13.3. The summed E-state index contributed by atoms with van der Waals surface area (Å²) in [6, 6.07) is 5.39. The van der Waals surface area contributed by atoms with Gasteiger partial charge in [0.1, 0.15) is 5.84 Å². The van der Waals surface area contributed by atoms with Crippen LogP contribution in [0.4, 0.5) is 5.69 Å². The van der Waals surface area contributed by atoms with Crippen molar-refractivity contribution in [3.8, 4) is 0 Å². The Labute approximate surface area is 83.2 Å². The number of nitrogens with two attached hydrogens (primary N) is 2. The summed E-state index contributed by atoms with van der Waals surface area (Å²) in [7, 11) is 0. The molecule has 0 unspecified atom stereocenters. The van der Waals surface area contributed by atoms with Gasteiger partial charge in [0, 0.05) is 5.56 Å². The van der Waals surface area contributed by atoms with Crippen molar-refractivity contribution in [1.82, 2.24) is 0 Å². The van der Waals surface area contributed by atoms with Gasteiger partial charge in [0.15, 0.2) is 0 Å². The first kappa shape index (κ1) is 10.2. The minimum Gasteiger partial charge on any atom is -0.387 e. The SMILES string of the molecule is CC(N)=Nc1ccc(C(=N)N)cc1C. The minimum atomic E-state index is 0.0631. The topological polar surface area (TPSA) is 88.2 Å². The molecule has 0 bridgehead atoms. The molecule has 0 heterocycles. The van der Waals surface area contributed by atoms with Gasteiger partial charge >= 0.3 is 0 Å². The summed E-state index contributed by atoms with van der Waals surface area (Å²) in [4.78, 5) is 4.14. The third-order valence-electron chi connectivity index (χ3n) is 1.80. The lowest BCUT2D eigenvalue weighted by atomic mass is 10.1. The second-order valence-corrected chi connectivity index (χ2v) is 3.17. The van der Waals surface area contributed by atoms with E-state index in [0.29, 0.717) is 11.4 Å². The van der Waals surface area contributed by atoms with Crippen LogP contribution in [0, 0.1) is 12.3 Å². The number of hydrogen-bond acceptors (Lipinski definition) is 2. The van der Waals surface area contributed by atoms with E-state index < -0.39 is 0 Å². The second-order valence-electron chi connectivity index (χ2n) is 3.17. The number of aryl methyl sites for hydroxylation is 1. The second kappa shape index (κ2) is 3.91. The predicted octanol–water partition coefficient (Wildman–Crippen LogP) is 1.29. The molecule has 0 aliphatic heterocycles. The molecule has 14 heavy (non-hydrogen) atoms. The van der Waals surface area contributed by atoms with Gasteiger partial charge in [-0.25, -0.2) is 4.99 Å². The van der Waals surface area contributed by atoms with Gasteiger partial charge in [-0.1, -0.05) is 0 Å². The van der Waals surface area contributed by atoms with E-state index in [-0.39, 0.29) is 5.84 Å². The number of nitrogens with one attached hydrogen (secondary N) is 1. The quantitative estimate of drug-likeness (QED) is 0.484. The fraction of sp³-hybridized carbons (Fsp3) is 0.200. The van der Waals surface area contributed by atoms with E-state index in [2.05, 4.69) is 4.99 Å². The molecular weight excluding hydrogens is 176 g/mol. The third-order valence-corrected chi connectivity index (χ3v) is 1.80. The monoisotopic (exact) mass is 190 g/mol. The van der Waals surface area contributed by atoms with Crippen LogP contribution in [-0.4, -0.2) is 11.7 Å². The van der Waals surface area contributed by atoms with Gasteiger partial charge < -0.3 is 11.5 Å². The van der Waals surface area contributed by atoms with E-state index in [1.165, 1.54) is 0 Å². The maximum absolute atomic E-state index is 7.26. The molecule has 0 radical (unpaired) electrons. The van der Waals surface area contributed by atoms with Crippen molar-refractivity contribution in [1.29, 1.82) is 5.41 Å². The highest BCUT2D eigenvalue weighted by Gasteiger charge is 2.00. The van der Waals surface area contributed by atoms with Gasteiger partial charge in [0.05, 0.1) is 11.5 Å². The van der Waals surface area contributed by atoms with Gasteiger partial charge in [-0.3, -0.25) is 5.41 Å². The Kier molecular flexibility index (Phi) is 2.86. The van der Waals surface area contributed by atoms with Gasteiger partial charge in [-0.15, -0.1) is 0 Å². The first-order valence-electron chi connectivity index (χ1n) is 4.26. The number of nitrogen functional groups attached to an aromatic ring is 1. The van der Waals surface area contributed by atoms with Crippen LogP contribution >= 0.6 is 0 Å². The molecule has 1 aromatic carbocycles. The Balaban J connectivity index is 3.14. The molecule has 0 aromatic heterocycles. The molecule has 0 saturated carbocycles. The average Bonchev–Trinajstić information content (AvgIpc) is 2.07. The molecule has 4 heteroatoms. The maximum Gasteiger partial charge on any atom is 0.122 e. The zero-order chi connectivity index (χ0) is 10.7. The molecule has 5 N–H and O–H groups in total. The first-order chi connectivity index (χ1) is 6.50. The summed E-state index contributed by atoms with van der Waals surface area (Å²) in [6.45, 7) is 3.65. The molecule has 0 atom stereocenters. The summed E-state index contributed by atoms with van der Waals surface area (Å²) in [5, 5.41) is 7.26. The van der Waals surface area contributed by atoms with Crippen LogP contribution in [0.3, 0.4) is 0 Å². The number of aliphatic imine (C=N–C) groups is 1. The normalized spacial score (nSPS) is 11.4. The Bertz CT molecular complexity index is 389. The molecule has 0 spiro atoms. The van der Waals surface area contributed by atoms with Crippen molar-refractivity contribution >= 4 is 17.4 Å². The van der Waals surface area contributed by atoms with E-state index >= 15 is 0 Å². The van der Waals surface area contributed by atoms with Crippen LogP contribution in [0.15, 0.2) is 23.2 Å². The van der Waals surface area contributed by atoms with Gasteiger partial charge in [-0.2, -0.15) is 0 Å². The molecule has 0 aliphatic rings. The number of nitrogens with zero attached hydrogens (tertiary/aromatic N) is 1. The van der Waals surface area contributed by atoms with E-state index in [9.17, 15) is 0 Å². The van der Waals surface area contributed by atoms with Crippen LogP contribution in [0.5, 0.6) is 0 Å². The number of amidine groups is 2. The fourth-order valence-electron chi connectivity index (χ4n) is 1.14. The van der Waals surface area contributed by atoms with E-state index in [4.69, 9.17) is 16.9 Å². The largest absolute Gasteiger partial charge is 0.387 e. The minimum absolute atomic E-state index is 0.0631. The Morgan fingerprint density at radius 3 is 2.43 bits per heavy atom. The van der Waals surface area contributed by atoms with Crippen LogP contribution in [-0.2, 0) is 0 Å². The average molecular weight is 190 g/mol. The Morgan fingerprint density at radius 1 is 1.36 bits per heavy atom. The fourth-order valence-corrected chi connectivity index (χ4v) is 1.14. The molecule has 1 rings (SSSR count). The summed E-state index contributed by atoms with van der Waals surface area (Å²) in [5.74, 6) is 0.580. The van der Waals surface area contributed by atoms with Crippen molar-refractivity contribution < 1.29 is 0 Å². The zero-order valence-electron chi connectivity index (χ0n) is 8.33. The highest BCUT2D eigenvalue weighted by molar-refractivity contribution is 5.95. The van der Waals surface area contributed by atoms with Crippen molar-refractivity contribution in [3.63, 3.8) is 0 Å². The number of benzene rings is 1. The van der Waals surface area contributed by atoms with Crippen LogP contribution in [0.2, 0.25) is 0 Å². The first-order valence-corrected chi connectivity index (χ1v) is 4.26. The van der Waals surface area contributed by atoms with Gasteiger partial charge in [-0.05, 0) is 37.6 Å². The van der Waals surface area contributed by atoms with Crippen molar-refractivity contribution in [2.45, 2.75) is 13.8 Å². The maximum atomic E-state index is 7.26. The molecule has 74 valence electrons. The van der Waals surface area contributed by atoms with Crippen LogP contribution in [0.25, 0.3) is 0 Å². The lowest BCUT2D eigenvalue weighted by Crippen LogP contribution is -2.11. The highest BCUT2D eigenvalue weighted by Crippen LogP contribution is 2.19. The molecule has 0 saturated heterocycles. The molecule has 4 nitrogen and oxygen atoms in total. The lowest BCUT2D eigenvalue weighted by Gasteiger charge is -2.03. The molecule has 1 aromatic rings. The Morgan fingerprint density at radius 2 is 2.00 bits per heavy atom. The predicted molar refractivity (Wildman–Crippen MR) is 59.2 cm³/mol. The molecule has 0 amide bonds. The zero-order valence-corrected chi connectivity index (χ0v) is 8.33. The van der Waals surface area contributed by atoms with Crippen molar-refractivity contribution in [2.75, 3.05) is 0 Å². The number of hydrogen-bond donors (Lipinski definition) is 3. The number of rotatable bonds is 2. The Hall–Kier alpha value is -1.84. The molecule has 0 fully saturated rings. The van der Waals surface area contributed by atoms with Gasteiger partial charge in [0.2, 0.25) is 0 Å². The third kappa shape index (κ3) is 2.32. The van der Waals surface area contributed by atoms with E-state index in [1.54, 1.807) is 13.0 Å². The summed E-state index contributed by atoms with van der Waals surface area (Å²) in [6.07, 6.45) is 0. The van der Waals surface area contributed by atoms with Crippen molar-refractivity contribution in [2.24, 2.45) is 16.5 Å². The van der Waals surface area contributed by atoms with E-state index in [0.717, 1.165) is 11.3 Å². The summed E-state index contributed by atoms with van der Waals surface area (Å²) < 4.78 is 0. The molecule has 0 aliphatic carbocycles. The smallest absolute Gasteiger partial charge is 0.122 e. The van der Waals surface area contributed by atoms with Crippen LogP contribution < -0.4 is 11.5 Å². The summed E-state index contributed by atoms with van der Waals surface area (Å²) >= 11 is 0. The highest BCUT2D eigenvalue weighted by atomic mass is 14.8. The lowest BCUT2D eigenvalue weighted by molar-refractivity contribution is 1.35. The van der Waals surface area contributed by atoms with E-state index in [1.807, 2.05) is 19.1 Å². The molecular formula is C10H14N4. The van der Waals surface area contributed by atoms with Crippen LogP contribution in [0.1, 0.15) is 18.1 Å². The standard InChI is InChI=1S/C10H14N4/c1-6-5-8(10(12)13)3-4-9(6)14-7(2)11/h3-5H,1-2H3,(H2,11,14)(H3,12,13). The van der Waals surface area contributed by atoms with Crippen molar-refractivity contribution in [3.05, 3.63) is 29.3 Å². The van der Waals surface area contributed by atoms with Gasteiger partial charge in [0.25, 0.3) is 0 Å².